The van der Waals surface area contributed by atoms with E-state index in [-0.39, 0.29) is 11.1 Å². The third-order valence-electron chi connectivity index (χ3n) is 1.59. The molecular formula is C8H6Cl2N2O2. The van der Waals surface area contributed by atoms with Crippen LogP contribution in [0.5, 0.6) is 0 Å². The Kier molecular flexibility index (Phi) is 3.73. The van der Waals surface area contributed by atoms with Gasteiger partial charge in [-0.15, -0.1) is 0 Å². The van der Waals surface area contributed by atoms with Crippen LogP contribution in [0.15, 0.2) is 24.3 Å². The second-order valence-corrected chi connectivity index (χ2v) is 2.77. The van der Waals surface area contributed by atoms with Gasteiger partial charge in [-0.2, -0.15) is 0 Å². The smallest absolute Gasteiger partial charge is 0.266 e. The quantitative estimate of drug-likeness (QED) is 0.759. The first-order valence-corrected chi connectivity index (χ1v) is 4.37. The van der Waals surface area contributed by atoms with E-state index in [1.54, 1.807) is 12.1 Å². The molecule has 0 unspecified atom stereocenters. The predicted octanol–water partition coefficient (Wildman–Crippen LogP) is 1.45. The molecule has 14 heavy (non-hydrogen) atoms. The summed E-state index contributed by atoms with van der Waals surface area (Å²) in [6.07, 6.45) is 0. The molecule has 1 rings (SSSR count). The van der Waals surface area contributed by atoms with Crippen molar-refractivity contribution in [2.24, 2.45) is 0 Å². The van der Waals surface area contributed by atoms with E-state index in [2.05, 4.69) is 0 Å². The van der Waals surface area contributed by atoms with E-state index < -0.39 is 11.8 Å². The Morgan fingerprint density at radius 3 is 1.57 bits per heavy atom. The zero-order chi connectivity index (χ0) is 10.6. The van der Waals surface area contributed by atoms with Gasteiger partial charge in [-0.25, -0.2) is 0 Å². The van der Waals surface area contributed by atoms with Gasteiger partial charge in [-0.1, -0.05) is 12.1 Å². The fourth-order valence-corrected chi connectivity index (χ4v) is 1.18. The lowest BCUT2D eigenvalue weighted by atomic mass is 10.1. The van der Waals surface area contributed by atoms with Crippen LogP contribution in [0.2, 0.25) is 0 Å². The van der Waals surface area contributed by atoms with Gasteiger partial charge in [0.2, 0.25) is 0 Å². The van der Waals surface area contributed by atoms with E-state index >= 15 is 0 Å². The number of hydrogen-bond acceptors (Lipinski definition) is 2. The van der Waals surface area contributed by atoms with Gasteiger partial charge in [0.05, 0.1) is 11.1 Å². The third kappa shape index (κ3) is 2.16. The lowest BCUT2D eigenvalue weighted by molar-refractivity contribution is 0.0948. The first-order chi connectivity index (χ1) is 6.70. The monoisotopic (exact) mass is 232 g/mol. The largest absolute Gasteiger partial charge is 0.268 e. The fraction of sp³-hybridized carbons (Fsp3) is 0. The number of carbonyl (C=O) groups is 2. The van der Waals surface area contributed by atoms with Crippen LogP contribution in [-0.2, 0) is 0 Å². The molecular weight excluding hydrogens is 227 g/mol. The molecule has 0 atom stereocenters. The van der Waals surface area contributed by atoms with E-state index in [1.165, 1.54) is 12.1 Å². The molecule has 0 aromatic heterocycles. The number of nitrogens with one attached hydrogen (secondary N) is 2. The van der Waals surface area contributed by atoms with E-state index in [0.717, 1.165) is 0 Å². The van der Waals surface area contributed by atoms with Gasteiger partial charge in [-0.05, 0) is 12.1 Å². The molecule has 0 saturated carbocycles. The second kappa shape index (κ2) is 4.83. The predicted molar refractivity (Wildman–Crippen MR) is 53.1 cm³/mol. The molecule has 0 spiro atoms. The van der Waals surface area contributed by atoms with Gasteiger partial charge in [0.1, 0.15) is 0 Å². The maximum Gasteiger partial charge on any atom is 0.266 e. The Labute approximate surface area is 90.4 Å². The standard InChI is InChI=1S/C8H6Cl2N2O2/c9-11-7(13)5-3-1-2-4-6(5)8(14)12-10/h1-4H,(H,11,13)(H,12,14). The summed E-state index contributed by atoms with van der Waals surface area (Å²) >= 11 is 10.3. The summed E-state index contributed by atoms with van der Waals surface area (Å²) in [5, 5.41) is 0. The average Bonchev–Trinajstić information content (AvgIpc) is 2.27. The van der Waals surface area contributed by atoms with Gasteiger partial charge in [0, 0.05) is 23.6 Å². The normalized spacial score (nSPS) is 9.29. The van der Waals surface area contributed by atoms with Crippen molar-refractivity contribution in [1.29, 1.82) is 0 Å². The van der Waals surface area contributed by atoms with Crippen molar-refractivity contribution in [2.75, 3.05) is 0 Å². The zero-order valence-electron chi connectivity index (χ0n) is 6.88. The van der Waals surface area contributed by atoms with Crippen molar-refractivity contribution < 1.29 is 9.59 Å². The van der Waals surface area contributed by atoms with Gasteiger partial charge in [0.25, 0.3) is 11.8 Å². The van der Waals surface area contributed by atoms with Crippen molar-refractivity contribution in [3.63, 3.8) is 0 Å². The fourth-order valence-electron chi connectivity index (χ4n) is 0.981. The highest BCUT2D eigenvalue weighted by Gasteiger charge is 2.14. The molecule has 0 aliphatic heterocycles. The van der Waals surface area contributed by atoms with E-state index in [9.17, 15) is 9.59 Å². The van der Waals surface area contributed by atoms with E-state index in [1.807, 2.05) is 9.67 Å². The Morgan fingerprint density at radius 1 is 0.929 bits per heavy atom. The van der Waals surface area contributed by atoms with Crippen LogP contribution in [0.25, 0.3) is 0 Å². The highest BCUT2D eigenvalue weighted by atomic mass is 35.5. The molecule has 0 radical (unpaired) electrons. The number of halogens is 2. The van der Waals surface area contributed by atoms with Gasteiger partial charge < -0.3 is 0 Å². The van der Waals surface area contributed by atoms with Crippen molar-refractivity contribution in [2.45, 2.75) is 0 Å². The second-order valence-electron chi connectivity index (χ2n) is 2.39. The molecule has 2 amide bonds. The highest BCUT2D eigenvalue weighted by Crippen LogP contribution is 2.09. The summed E-state index contributed by atoms with van der Waals surface area (Å²) in [7, 11) is 0. The topological polar surface area (TPSA) is 58.2 Å². The first kappa shape index (κ1) is 10.8. The van der Waals surface area contributed by atoms with Crippen LogP contribution >= 0.6 is 23.6 Å². The molecule has 0 aliphatic carbocycles. The van der Waals surface area contributed by atoms with Gasteiger partial charge in [-0.3, -0.25) is 19.3 Å². The molecule has 1 aromatic carbocycles. The Morgan fingerprint density at radius 2 is 1.29 bits per heavy atom. The highest BCUT2D eigenvalue weighted by molar-refractivity contribution is 6.28. The molecule has 74 valence electrons. The molecule has 0 bridgehead atoms. The maximum absolute atomic E-state index is 11.2. The van der Waals surface area contributed by atoms with Gasteiger partial charge in [0.15, 0.2) is 0 Å². The maximum atomic E-state index is 11.2. The van der Waals surface area contributed by atoms with Crippen molar-refractivity contribution in [3.05, 3.63) is 35.4 Å². The van der Waals surface area contributed by atoms with Crippen molar-refractivity contribution in [3.8, 4) is 0 Å². The minimum atomic E-state index is -0.553. The summed E-state index contributed by atoms with van der Waals surface area (Å²) < 4.78 is 0. The molecule has 6 heteroatoms. The van der Waals surface area contributed by atoms with E-state index in [0.29, 0.717) is 0 Å². The Bertz CT molecular complexity index is 333. The van der Waals surface area contributed by atoms with Crippen LogP contribution in [0.1, 0.15) is 20.7 Å². The summed E-state index contributed by atoms with van der Waals surface area (Å²) in [6.45, 7) is 0. The molecule has 4 nitrogen and oxygen atoms in total. The van der Waals surface area contributed by atoms with Crippen LogP contribution in [0, 0.1) is 0 Å². The number of carbonyl (C=O) groups excluding carboxylic acids is 2. The molecule has 0 heterocycles. The first-order valence-electron chi connectivity index (χ1n) is 3.61. The van der Waals surface area contributed by atoms with E-state index in [4.69, 9.17) is 23.6 Å². The molecule has 2 N–H and O–H groups in total. The lowest BCUT2D eigenvalue weighted by Gasteiger charge is -2.04. The molecule has 0 aliphatic rings. The third-order valence-corrected chi connectivity index (χ3v) is 1.93. The number of rotatable bonds is 2. The summed E-state index contributed by atoms with van der Waals surface area (Å²) in [5.41, 5.74) is 0.335. The summed E-state index contributed by atoms with van der Waals surface area (Å²) in [6, 6.07) is 6.18. The molecule has 0 fully saturated rings. The zero-order valence-corrected chi connectivity index (χ0v) is 8.39. The minimum absolute atomic E-state index is 0.167. The minimum Gasteiger partial charge on any atom is -0.268 e. The number of hydrogen-bond donors (Lipinski definition) is 2. The van der Waals surface area contributed by atoms with Crippen LogP contribution in [-0.4, -0.2) is 11.8 Å². The Balaban J connectivity index is 3.15. The number of benzene rings is 1. The van der Waals surface area contributed by atoms with Crippen molar-refractivity contribution in [1.82, 2.24) is 9.67 Å². The van der Waals surface area contributed by atoms with Crippen molar-refractivity contribution >= 4 is 35.4 Å². The molecule has 1 aromatic rings. The summed E-state index contributed by atoms with van der Waals surface area (Å²) in [5.74, 6) is -1.11. The van der Waals surface area contributed by atoms with Gasteiger partial charge >= 0.3 is 0 Å². The van der Waals surface area contributed by atoms with Crippen LogP contribution < -0.4 is 9.67 Å². The lowest BCUT2D eigenvalue weighted by Crippen LogP contribution is -2.21. The molecule has 0 saturated heterocycles. The number of amides is 2. The SMILES string of the molecule is O=C(NCl)c1ccccc1C(=O)NCl. The summed E-state index contributed by atoms with van der Waals surface area (Å²) in [4.78, 5) is 26.2. The average molecular weight is 233 g/mol. The Hall–Kier alpha value is -1.26. The van der Waals surface area contributed by atoms with Crippen LogP contribution in [0.4, 0.5) is 0 Å². The van der Waals surface area contributed by atoms with Crippen LogP contribution in [0.3, 0.4) is 0 Å².